The summed E-state index contributed by atoms with van der Waals surface area (Å²) < 4.78 is 76.8. The molecule has 18 heteroatoms. The summed E-state index contributed by atoms with van der Waals surface area (Å²) in [7, 11) is 0. The Bertz CT molecular complexity index is 2070. The Morgan fingerprint density at radius 1 is 1.13 bits per heavy atom. The number of guanidine groups is 1. The van der Waals surface area contributed by atoms with Gasteiger partial charge < -0.3 is 15.4 Å². The number of hydrogen-bond acceptors (Lipinski definition) is 7. The minimum Gasteiger partial charge on any atom is -0.447 e. The van der Waals surface area contributed by atoms with Crippen LogP contribution in [0.2, 0.25) is 5.02 Å². The summed E-state index contributed by atoms with van der Waals surface area (Å²) in [5.41, 5.74) is -2.87. The fourth-order valence-electron chi connectivity index (χ4n) is 6.86. The van der Waals surface area contributed by atoms with Crippen LogP contribution in [-0.4, -0.2) is 65.7 Å². The topological polar surface area (TPSA) is 143 Å². The van der Waals surface area contributed by atoms with Crippen molar-refractivity contribution in [3.63, 3.8) is 0 Å². The van der Waals surface area contributed by atoms with Crippen molar-refractivity contribution in [2.75, 3.05) is 6.61 Å². The molecule has 4 aromatic rings. The van der Waals surface area contributed by atoms with Crippen molar-refractivity contribution in [1.82, 2.24) is 40.1 Å². The van der Waals surface area contributed by atoms with Gasteiger partial charge in [-0.2, -0.15) is 23.4 Å². The number of halogens is 6. The Morgan fingerprint density at radius 2 is 1.87 bits per heavy atom. The second-order valence-electron chi connectivity index (χ2n) is 14.7. The zero-order chi connectivity index (χ0) is 37.4. The lowest BCUT2D eigenvalue weighted by Crippen LogP contribution is -2.49. The smallest absolute Gasteiger partial charge is 0.411 e. The molecule has 0 unspecified atom stereocenters. The molecule has 2 amide bonds. The molecule has 2 atom stereocenters. The molecular weight excluding hydrogens is 713 g/mol. The fourth-order valence-corrected chi connectivity index (χ4v) is 7.05. The second kappa shape index (κ2) is 12.4. The number of carbonyl (C=O) groups excluding carboxylic acids is 2. The molecule has 3 fully saturated rings. The van der Waals surface area contributed by atoms with Gasteiger partial charge in [0.05, 0.1) is 34.5 Å². The van der Waals surface area contributed by atoms with Crippen LogP contribution < -0.4 is 10.6 Å². The number of amides is 2. The van der Waals surface area contributed by atoms with Crippen LogP contribution in [0.4, 0.5) is 26.7 Å². The minimum atomic E-state index is -4.71. The lowest BCUT2D eigenvalue weighted by Gasteiger charge is -2.35. The van der Waals surface area contributed by atoms with E-state index in [0.29, 0.717) is 11.6 Å². The van der Waals surface area contributed by atoms with Crippen molar-refractivity contribution in [3.8, 4) is 5.69 Å². The van der Waals surface area contributed by atoms with E-state index in [4.69, 9.17) is 21.7 Å². The van der Waals surface area contributed by atoms with Crippen LogP contribution in [0, 0.1) is 10.8 Å². The van der Waals surface area contributed by atoms with Crippen molar-refractivity contribution in [2.24, 2.45) is 5.41 Å². The Morgan fingerprint density at radius 3 is 2.50 bits per heavy atom. The van der Waals surface area contributed by atoms with E-state index in [2.05, 4.69) is 20.5 Å². The quantitative estimate of drug-likeness (QED) is 0.147. The molecule has 276 valence electrons. The van der Waals surface area contributed by atoms with E-state index in [0.717, 1.165) is 39.7 Å². The lowest BCUT2D eigenvalue weighted by atomic mass is 9.75. The first-order valence-corrected chi connectivity index (χ1v) is 17.0. The maximum Gasteiger partial charge on any atom is 0.411 e. The van der Waals surface area contributed by atoms with Crippen molar-refractivity contribution in [2.45, 2.75) is 88.6 Å². The van der Waals surface area contributed by atoms with Crippen molar-refractivity contribution < 1.29 is 36.3 Å². The summed E-state index contributed by atoms with van der Waals surface area (Å²) in [5, 5.41) is 23.3. The van der Waals surface area contributed by atoms with Gasteiger partial charge in [0.1, 0.15) is 24.0 Å². The van der Waals surface area contributed by atoms with E-state index in [9.17, 15) is 31.5 Å². The van der Waals surface area contributed by atoms with Gasteiger partial charge in [0.15, 0.2) is 11.8 Å². The lowest BCUT2D eigenvalue weighted by molar-refractivity contribution is -0.164. The Hall–Kier alpha value is -4.80. The van der Waals surface area contributed by atoms with Gasteiger partial charge in [-0.3, -0.25) is 19.8 Å². The summed E-state index contributed by atoms with van der Waals surface area (Å²) >= 11 is 6.43. The number of nitrogens with one attached hydrogen (secondary N) is 3. The predicted octanol–water partition coefficient (Wildman–Crippen LogP) is 7.10. The number of carbonyl (C=O) groups is 2. The highest BCUT2D eigenvalue weighted by Gasteiger charge is 2.64. The van der Waals surface area contributed by atoms with Gasteiger partial charge in [-0.15, -0.1) is 0 Å². The molecule has 1 aliphatic heterocycles. The van der Waals surface area contributed by atoms with E-state index >= 15 is 0 Å². The van der Waals surface area contributed by atoms with Crippen LogP contribution in [0.3, 0.4) is 0 Å². The van der Waals surface area contributed by atoms with Crippen LogP contribution in [0.5, 0.6) is 0 Å². The Balaban J connectivity index is 1.29. The van der Waals surface area contributed by atoms with Gasteiger partial charge in [-0.05, 0) is 72.9 Å². The third-order valence-corrected chi connectivity index (χ3v) is 9.92. The summed E-state index contributed by atoms with van der Waals surface area (Å²) in [5.74, 6) is -1.70. The third-order valence-electron chi connectivity index (χ3n) is 9.60. The number of aromatic nitrogens is 5. The highest BCUT2D eigenvalue weighted by atomic mass is 35.5. The molecule has 1 saturated heterocycles. The zero-order valence-corrected chi connectivity index (χ0v) is 29.0. The number of ether oxygens (including phenoxy) is 1. The van der Waals surface area contributed by atoms with Gasteiger partial charge in [0.2, 0.25) is 0 Å². The van der Waals surface area contributed by atoms with Crippen LogP contribution in [0.15, 0.2) is 48.9 Å². The van der Waals surface area contributed by atoms with E-state index in [1.807, 2.05) is 42.9 Å². The normalized spacial score (nSPS) is 20.8. The van der Waals surface area contributed by atoms with Gasteiger partial charge in [0, 0.05) is 5.39 Å². The molecule has 0 radical (unpaired) electrons. The van der Waals surface area contributed by atoms with Gasteiger partial charge >= 0.3 is 12.3 Å². The number of rotatable bonds is 10. The molecule has 2 aliphatic carbocycles. The maximum atomic E-state index is 15.0. The number of alkyl carbamates (subject to hydrolysis) is 1. The molecule has 0 spiro atoms. The number of hydrogen-bond donors (Lipinski definition) is 3. The summed E-state index contributed by atoms with van der Waals surface area (Å²) in [4.78, 5) is 32.5. The Kier molecular flexibility index (Phi) is 8.50. The molecule has 2 aromatic heterocycles. The van der Waals surface area contributed by atoms with Gasteiger partial charge in [0.25, 0.3) is 12.3 Å². The molecule has 2 aromatic carbocycles. The molecule has 7 rings (SSSR count). The standard InChI is InChI=1S/C34H35ClF5N9O3/c1-31(2,3)16-33(20-5-9-23-19(12-20)14-43-48(23)21-6-7-21)28(50)47(29(41)45-33)25(15-52-30(51)46-32(10-11-32)34(38,39)40)18-4-8-22(35)24(13-18)49-27(26(36)37)42-17-44-49/h4-5,8-9,12-14,17,21,25-26H,6-7,10-11,15-16H2,1-3H3,(H2,41,45)(H,46,51)/t25-,33-/m1/s1. The maximum absolute atomic E-state index is 15.0. The monoisotopic (exact) mass is 747 g/mol. The summed E-state index contributed by atoms with van der Waals surface area (Å²) in [6.07, 6.45) is -4.89. The molecule has 3 aliphatic rings. The first-order chi connectivity index (χ1) is 24.4. The molecule has 12 nitrogen and oxygen atoms in total. The van der Waals surface area contributed by atoms with Crippen LogP contribution in [0.1, 0.15) is 88.3 Å². The van der Waals surface area contributed by atoms with Crippen LogP contribution in [-0.2, 0) is 15.1 Å². The summed E-state index contributed by atoms with van der Waals surface area (Å²) in [6.45, 7) is 5.09. The minimum absolute atomic E-state index is 0.0162. The SMILES string of the molecule is CC(C)(C)C[C@]1(c2ccc3c(cnn3C3CC3)c2)NC(=N)N([C@H](COC(=O)NC2(C(F)(F)F)CC2)c2ccc(Cl)c(-n3ncnc3C(F)F)c2)C1=O. The van der Waals surface area contributed by atoms with Gasteiger partial charge in [-0.25, -0.2) is 23.2 Å². The Labute approximate surface area is 299 Å². The largest absolute Gasteiger partial charge is 0.447 e. The van der Waals surface area contributed by atoms with Crippen molar-refractivity contribution in [3.05, 3.63) is 70.9 Å². The van der Waals surface area contributed by atoms with E-state index in [1.165, 1.54) is 18.2 Å². The highest BCUT2D eigenvalue weighted by Crippen LogP contribution is 2.49. The first-order valence-electron chi connectivity index (χ1n) is 16.6. The zero-order valence-electron chi connectivity index (χ0n) is 28.3. The van der Waals surface area contributed by atoms with E-state index < -0.39 is 59.6 Å². The highest BCUT2D eigenvalue weighted by molar-refractivity contribution is 6.32. The number of nitrogens with zero attached hydrogens (tertiary/aromatic N) is 6. The molecular formula is C34H35ClF5N9O3. The van der Waals surface area contributed by atoms with E-state index in [-0.39, 0.29) is 41.5 Å². The average molecular weight is 748 g/mol. The summed E-state index contributed by atoms with van der Waals surface area (Å²) in [6, 6.07) is 8.62. The first kappa shape index (κ1) is 35.6. The number of benzene rings is 2. The van der Waals surface area contributed by atoms with Crippen molar-refractivity contribution in [1.29, 1.82) is 5.41 Å². The fraction of sp³-hybridized carbons (Fsp3) is 0.471. The van der Waals surface area contributed by atoms with Crippen LogP contribution in [0.25, 0.3) is 16.6 Å². The molecule has 2 saturated carbocycles. The number of alkyl halides is 5. The molecule has 0 bridgehead atoms. The van der Waals surface area contributed by atoms with Crippen molar-refractivity contribution >= 4 is 40.5 Å². The third kappa shape index (κ3) is 6.32. The predicted molar refractivity (Wildman–Crippen MR) is 178 cm³/mol. The average Bonchev–Trinajstić information content (AvgIpc) is 3.94. The van der Waals surface area contributed by atoms with Gasteiger partial charge in [-0.1, -0.05) is 44.5 Å². The van der Waals surface area contributed by atoms with E-state index in [1.54, 1.807) is 12.3 Å². The molecule has 3 N–H and O–H groups in total. The van der Waals surface area contributed by atoms with Crippen LogP contribution >= 0.6 is 11.6 Å². The molecule has 3 heterocycles. The molecule has 52 heavy (non-hydrogen) atoms. The second-order valence-corrected chi connectivity index (χ2v) is 15.2. The number of fused-ring (bicyclic) bond motifs is 1.